The molecule has 14 heavy (non-hydrogen) atoms. The van der Waals surface area contributed by atoms with Crippen LogP contribution in [0.3, 0.4) is 0 Å². The highest BCUT2D eigenvalue weighted by atomic mass is 16.5. The predicted octanol–water partition coefficient (Wildman–Crippen LogP) is 1.44. The van der Waals surface area contributed by atoms with Crippen LogP contribution in [0.4, 0.5) is 0 Å². The number of hydrogen-bond donors (Lipinski definition) is 2. The van der Waals surface area contributed by atoms with Crippen molar-refractivity contribution in [2.75, 3.05) is 13.2 Å². The van der Waals surface area contributed by atoms with Crippen LogP contribution in [-0.4, -0.2) is 30.5 Å². The van der Waals surface area contributed by atoms with Crippen LogP contribution >= 0.6 is 0 Å². The van der Waals surface area contributed by atoms with Crippen LogP contribution in [0.1, 0.15) is 44.9 Å². The van der Waals surface area contributed by atoms with Crippen molar-refractivity contribution >= 4 is 0 Å². The van der Waals surface area contributed by atoms with E-state index in [2.05, 4.69) is 0 Å². The van der Waals surface area contributed by atoms with Crippen molar-refractivity contribution < 1.29 is 9.84 Å². The molecule has 2 unspecified atom stereocenters. The van der Waals surface area contributed by atoms with Gasteiger partial charge in [-0.3, -0.25) is 0 Å². The maximum atomic E-state index is 8.62. The van der Waals surface area contributed by atoms with Gasteiger partial charge in [-0.2, -0.15) is 0 Å². The largest absolute Gasteiger partial charge is 0.396 e. The molecular weight excluding hydrogens is 178 g/mol. The van der Waals surface area contributed by atoms with Crippen LogP contribution in [0, 0.1) is 0 Å². The number of aliphatic hydroxyl groups is 1. The number of aliphatic hydroxyl groups excluding tert-OH is 1. The molecule has 1 fully saturated rings. The van der Waals surface area contributed by atoms with Crippen molar-refractivity contribution in [2.45, 2.75) is 57.1 Å². The van der Waals surface area contributed by atoms with Crippen LogP contribution in [0.2, 0.25) is 0 Å². The fraction of sp³-hybridized carbons (Fsp3) is 1.00. The van der Waals surface area contributed by atoms with Crippen molar-refractivity contribution in [1.29, 1.82) is 0 Å². The van der Waals surface area contributed by atoms with Gasteiger partial charge in [-0.15, -0.1) is 0 Å². The van der Waals surface area contributed by atoms with Crippen molar-refractivity contribution in [3.05, 3.63) is 0 Å². The van der Waals surface area contributed by atoms with Crippen molar-refractivity contribution in [3.63, 3.8) is 0 Å². The molecular formula is C11H23NO2. The summed E-state index contributed by atoms with van der Waals surface area (Å²) in [6.45, 7) is 1.01. The summed E-state index contributed by atoms with van der Waals surface area (Å²) in [5.74, 6) is 0. The third-order valence-electron chi connectivity index (χ3n) is 2.89. The predicted molar refractivity (Wildman–Crippen MR) is 57.1 cm³/mol. The second-order valence-electron chi connectivity index (χ2n) is 4.14. The maximum absolute atomic E-state index is 8.62. The molecule has 0 bridgehead atoms. The van der Waals surface area contributed by atoms with Gasteiger partial charge in [0.25, 0.3) is 0 Å². The van der Waals surface area contributed by atoms with Gasteiger partial charge in [0.05, 0.1) is 6.10 Å². The van der Waals surface area contributed by atoms with Gasteiger partial charge < -0.3 is 15.6 Å². The first-order valence-electron chi connectivity index (χ1n) is 5.82. The van der Waals surface area contributed by atoms with Crippen molar-refractivity contribution in [3.8, 4) is 0 Å². The minimum atomic E-state index is 0.228. The zero-order valence-corrected chi connectivity index (χ0v) is 8.95. The fourth-order valence-electron chi connectivity index (χ4n) is 1.96. The number of ether oxygens (including phenoxy) is 1. The summed E-state index contributed by atoms with van der Waals surface area (Å²) in [5, 5.41) is 8.62. The summed E-state index contributed by atoms with van der Waals surface area (Å²) >= 11 is 0. The van der Waals surface area contributed by atoms with E-state index >= 15 is 0 Å². The van der Waals surface area contributed by atoms with Crippen molar-refractivity contribution in [2.24, 2.45) is 5.73 Å². The zero-order valence-electron chi connectivity index (χ0n) is 8.95. The van der Waals surface area contributed by atoms with Crippen LogP contribution in [-0.2, 0) is 4.74 Å². The Balaban J connectivity index is 2.13. The monoisotopic (exact) mass is 201 g/mol. The third-order valence-corrected chi connectivity index (χ3v) is 2.89. The first-order valence-corrected chi connectivity index (χ1v) is 5.82. The van der Waals surface area contributed by atoms with Crippen molar-refractivity contribution in [1.82, 2.24) is 0 Å². The normalized spacial score (nSPS) is 28.7. The highest BCUT2D eigenvalue weighted by Crippen LogP contribution is 2.19. The van der Waals surface area contributed by atoms with Gasteiger partial charge in [-0.25, -0.2) is 0 Å². The van der Waals surface area contributed by atoms with Crippen LogP contribution in [0.5, 0.6) is 0 Å². The van der Waals surface area contributed by atoms with E-state index in [1.54, 1.807) is 0 Å². The fourth-order valence-corrected chi connectivity index (χ4v) is 1.96. The number of hydrogen-bond acceptors (Lipinski definition) is 3. The number of rotatable bonds is 5. The quantitative estimate of drug-likeness (QED) is 0.522. The van der Waals surface area contributed by atoms with Gasteiger partial charge in [-0.1, -0.05) is 19.3 Å². The summed E-state index contributed by atoms with van der Waals surface area (Å²) in [4.78, 5) is 0. The van der Waals surface area contributed by atoms with E-state index in [0.29, 0.717) is 0 Å². The summed E-state index contributed by atoms with van der Waals surface area (Å²) in [7, 11) is 0. The van der Waals surface area contributed by atoms with Gasteiger partial charge >= 0.3 is 0 Å². The van der Waals surface area contributed by atoms with E-state index in [1.807, 2.05) is 0 Å². The minimum Gasteiger partial charge on any atom is -0.396 e. The van der Waals surface area contributed by atoms with Crippen LogP contribution in [0.25, 0.3) is 0 Å². The second-order valence-corrected chi connectivity index (χ2v) is 4.14. The minimum absolute atomic E-state index is 0.228. The molecule has 1 rings (SSSR count). The van der Waals surface area contributed by atoms with E-state index in [-0.39, 0.29) is 18.8 Å². The Bertz CT molecular complexity index is 141. The van der Waals surface area contributed by atoms with Crippen LogP contribution < -0.4 is 5.73 Å². The molecule has 0 heterocycles. The Morgan fingerprint density at radius 3 is 2.71 bits per heavy atom. The Hall–Kier alpha value is -0.120. The summed E-state index contributed by atoms with van der Waals surface area (Å²) in [6.07, 6.45) is 8.04. The molecule has 0 saturated heterocycles. The molecule has 0 aromatic heterocycles. The average molecular weight is 201 g/mol. The lowest BCUT2D eigenvalue weighted by Crippen LogP contribution is -2.35. The van der Waals surface area contributed by atoms with Gasteiger partial charge in [0, 0.05) is 19.3 Å². The van der Waals surface area contributed by atoms with E-state index in [4.69, 9.17) is 15.6 Å². The molecule has 0 amide bonds. The average Bonchev–Trinajstić information content (AvgIpc) is 2.39. The zero-order chi connectivity index (χ0) is 10.2. The van der Waals surface area contributed by atoms with Gasteiger partial charge in [-0.05, 0) is 25.7 Å². The van der Waals surface area contributed by atoms with E-state index in [1.165, 1.54) is 19.3 Å². The first kappa shape index (κ1) is 12.0. The molecule has 1 aliphatic rings. The summed E-state index contributed by atoms with van der Waals surface area (Å²) < 4.78 is 5.74. The molecule has 0 aliphatic heterocycles. The van der Waals surface area contributed by atoms with E-state index in [0.717, 1.165) is 32.3 Å². The van der Waals surface area contributed by atoms with Gasteiger partial charge in [0.1, 0.15) is 0 Å². The third kappa shape index (κ3) is 4.40. The lowest BCUT2D eigenvalue weighted by atomic mass is 10.1. The molecule has 0 aromatic carbocycles. The number of nitrogens with two attached hydrogens (primary N) is 1. The number of unbranched alkanes of at least 4 members (excludes halogenated alkanes) is 1. The molecule has 84 valence electrons. The molecule has 0 aromatic rings. The highest BCUT2D eigenvalue weighted by molar-refractivity contribution is 4.76. The highest BCUT2D eigenvalue weighted by Gasteiger charge is 2.20. The Labute approximate surface area is 86.6 Å². The Morgan fingerprint density at radius 1 is 1.14 bits per heavy atom. The van der Waals surface area contributed by atoms with E-state index in [9.17, 15) is 0 Å². The molecule has 0 radical (unpaired) electrons. The van der Waals surface area contributed by atoms with Gasteiger partial charge in [0.15, 0.2) is 0 Å². The topological polar surface area (TPSA) is 55.5 Å². The summed E-state index contributed by atoms with van der Waals surface area (Å²) in [5.41, 5.74) is 6.02. The first-order chi connectivity index (χ1) is 6.84. The molecule has 2 atom stereocenters. The lowest BCUT2D eigenvalue weighted by Gasteiger charge is -2.21. The Kier molecular flexibility index (Phi) is 6.15. The second kappa shape index (κ2) is 7.21. The molecule has 0 spiro atoms. The molecule has 1 aliphatic carbocycles. The van der Waals surface area contributed by atoms with E-state index < -0.39 is 0 Å². The summed E-state index contributed by atoms with van der Waals surface area (Å²) in [6, 6.07) is 0.228. The molecule has 1 saturated carbocycles. The van der Waals surface area contributed by atoms with Crippen LogP contribution in [0.15, 0.2) is 0 Å². The Morgan fingerprint density at radius 2 is 1.93 bits per heavy atom. The lowest BCUT2D eigenvalue weighted by molar-refractivity contribution is 0.0276. The molecule has 3 nitrogen and oxygen atoms in total. The molecule has 3 heteroatoms. The maximum Gasteiger partial charge on any atom is 0.0725 e. The smallest absolute Gasteiger partial charge is 0.0725 e. The standard InChI is InChI=1S/C11H23NO2/c12-10-6-2-1-3-7-11(10)14-9-5-4-8-13/h10-11,13H,1-9,12H2. The molecule has 3 N–H and O–H groups in total. The van der Waals surface area contributed by atoms with Gasteiger partial charge in [0.2, 0.25) is 0 Å². The SMILES string of the molecule is NC1CCCCCC1OCCCCO.